The molecule has 0 aliphatic carbocycles. The number of nitro groups is 1. The molecule has 0 bridgehead atoms. The summed E-state index contributed by atoms with van der Waals surface area (Å²) in [5.41, 5.74) is -0.621. The van der Waals surface area contributed by atoms with Gasteiger partial charge in [-0.15, -0.1) is 0 Å². The normalized spacial score (nSPS) is 13.5. The van der Waals surface area contributed by atoms with E-state index in [1.807, 2.05) is 0 Å². The van der Waals surface area contributed by atoms with Crippen LogP contribution >= 0.6 is 15.9 Å². The molecule has 1 aliphatic rings. The zero-order valence-corrected chi connectivity index (χ0v) is 12.3. The van der Waals surface area contributed by atoms with E-state index in [4.69, 9.17) is 0 Å². The molecule has 1 aliphatic heterocycles. The van der Waals surface area contributed by atoms with Crippen molar-refractivity contribution in [1.29, 1.82) is 0 Å². The van der Waals surface area contributed by atoms with Crippen LogP contribution in [-0.4, -0.2) is 16.7 Å². The number of fused-ring (bicyclic) bond motifs is 1. The maximum Gasteiger partial charge on any atom is 0.296 e. The van der Waals surface area contributed by atoms with Gasteiger partial charge in [-0.25, -0.2) is 9.29 Å². The molecule has 6 nitrogen and oxygen atoms in total. The number of carbonyl (C=O) groups is 2. The highest BCUT2D eigenvalue weighted by molar-refractivity contribution is 9.10. The number of amides is 2. The third-order valence-electron chi connectivity index (χ3n) is 3.25. The van der Waals surface area contributed by atoms with Crippen LogP contribution < -0.4 is 4.90 Å². The number of anilines is 1. The highest BCUT2D eigenvalue weighted by Crippen LogP contribution is 2.37. The van der Waals surface area contributed by atoms with Crippen LogP contribution in [0.3, 0.4) is 0 Å². The molecule has 0 aromatic heterocycles. The van der Waals surface area contributed by atoms with Gasteiger partial charge in [-0.05, 0) is 34.1 Å². The first-order valence-corrected chi connectivity index (χ1v) is 6.82. The number of carbonyl (C=O) groups excluding carboxylic acids is 2. The fraction of sp³-hybridized carbons (Fsp3) is 0. The number of hydrogen-bond donors (Lipinski definition) is 0. The quantitative estimate of drug-likeness (QED) is 0.465. The number of rotatable bonds is 2. The zero-order valence-electron chi connectivity index (χ0n) is 10.7. The summed E-state index contributed by atoms with van der Waals surface area (Å²) in [7, 11) is 0. The Hall–Kier alpha value is -2.61. The monoisotopic (exact) mass is 364 g/mol. The van der Waals surface area contributed by atoms with Gasteiger partial charge in [0.15, 0.2) is 0 Å². The molecule has 0 radical (unpaired) electrons. The number of nitro benzene ring substituents is 1. The summed E-state index contributed by atoms with van der Waals surface area (Å²) in [6.45, 7) is 0. The lowest BCUT2D eigenvalue weighted by atomic mass is 10.1. The molecule has 2 aromatic carbocycles. The fourth-order valence-corrected chi connectivity index (χ4v) is 2.59. The number of benzene rings is 2. The van der Waals surface area contributed by atoms with Crippen LogP contribution in [0, 0.1) is 15.9 Å². The molecule has 22 heavy (non-hydrogen) atoms. The second-order valence-corrected chi connectivity index (χ2v) is 5.36. The van der Waals surface area contributed by atoms with E-state index >= 15 is 0 Å². The lowest BCUT2D eigenvalue weighted by Gasteiger charge is -2.14. The van der Waals surface area contributed by atoms with Crippen molar-refractivity contribution in [1.82, 2.24) is 0 Å². The molecule has 0 N–H and O–H groups in total. The van der Waals surface area contributed by atoms with E-state index in [-0.39, 0.29) is 21.3 Å². The summed E-state index contributed by atoms with van der Waals surface area (Å²) in [6.07, 6.45) is 0. The Morgan fingerprint density at radius 3 is 2.14 bits per heavy atom. The van der Waals surface area contributed by atoms with Gasteiger partial charge in [-0.2, -0.15) is 0 Å². The van der Waals surface area contributed by atoms with Gasteiger partial charge in [-0.1, -0.05) is 12.1 Å². The SMILES string of the molecule is O=C1c2ccccc2C(=O)N1c1cc(Br)c(F)cc1[N+](=O)[O-]. The number of nitrogens with zero attached hydrogens (tertiary/aromatic N) is 2. The van der Waals surface area contributed by atoms with Crippen LogP contribution in [0.1, 0.15) is 20.7 Å². The number of halogens is 2. The van der Waals surface area contributed by atoms with Gasteiger partial charge in [0.05, 0.1) is 26.6 Å². The molecule has 8 heteroatoms. The first kappa shape index (κ1) is 14.3. The van der Waals surface area contributed by atoms with Crippen LogP contribution in [0.5, 0.6) is 0 Å². The zero-order chi connectivity index (χ0) is 16.0. The average molecular weight is 365 g/mol. The van der Waals surface area contributed by atoms with Gasteiger partial charge in [0.25, 0.3) is 17.5 Å². The molecule has 1 heterocycles. The summed E-state index contributed by atoms with van der Waals surface area (Å²) in [5.74, 6) is -2.21. The van der Waals surface area contributed by atoms with Crippen LogP contribution in [0.2, 0.25) is 0 Å². The molecule has 0 spiro atoms. The molecule has 3 rings (SSSR count). The molecule has 0 saturated carbocycles. The first-order chi connectivity index (χ1) is 10.4. The fourth-order valence-electron chi connectivity index (χ4n) is 2.26. The predicted molar refractivity (Wildman–Crippen MR) is 78.3 cm³/mol. The third-order valence-corrected chi connectivity index (χ3v) is 3.86. The maximum absolute atomic E-state index is 13.5. The molecular formula is C14H6BrFN2O4. The average Bonchev–Trinajstić information content (AvgIpc) is 2.74. The summed E-state index contributed by atoms with van der Waals surface area (Å²) < 4.78 is 13.4. The van der Waals surface area contributed by atoms with Gasteiger partial charge in [0.2, 0.25) is 0 Å². The standard InChI is InChI=1S/C14H6BrFN2O4/c15-9-5-11(12(18(21)22)6-10(9)16)17-13(19)7-3-1-2-4-8(7)14(17)20/h1-6H. The molecule has 2 amide bonds. The lowest BCUT2D eigenvalue weighted by Crippen LogP contribution is -2.30. The second kappa shape index (κ2) is 4.99. The smallest absolute Gasteiger partial charge is 0.268 e. The number of imide groups is 1. The largest absolute Gasteiger partial charge is 0.296 e. The van der Waals surface area contributed by atoms with Crippen LogP contribution in [-0.2, 0) is 0 Å². The Morgan fingerprint density at radius 2 is 1.64 bits per heavy atom. The van der Waals surface area contributed by atoms with Gasteiger partial charge >= 0.3 is 0 Å². The summed E-state index contributed by atoms with van der Waals surface area (Å²) >= 11 is 2.90. The molecule has 0 unspecified atom stereocenters. The highest BCUT2D eigenvalue weighted by atomic mass is 79.9. The van der Waals surface area contributed by atoms with E-state index in [2.05, 4.69) is 15.9 Å². The topological polar surface area (TPSA) is 80.5 Å². The van der Waals surface area contributed by atoms with E-state index in [1.54, 1.807) is 12.1 Å². The van der Waals surface area contributed by atoms with E-state index in [9.17, 15) is 24.1 Å². The molecule has 2 aromatic rings. The highest BCUT2D eigenvalue weighted by Gasteiger charge is 2.39. The minimum Gasteiger partial charge on any atom is -0.268 e. The second-order valence-electron chi connectivity index (χ2n) is 4.50. The van der Waals surface area contributed by atoms with Crippen molar-refractivity contribution in [2.45, 2.75) is 0 Å². The lowest BCUT2D eigenvalue weighted by molar-refractivity contribution is -0.384. The van der Waals surface area contributed by atoms with Crippen LogP contribution in [0.25, 0.3) is 0 Å². The molecule has 0 atom stereocenters. The van der Waals surface area contributed by atoms with Crippen LogP contribution in [0.4, 0.5) is 15.8 Å². The molecule has 0 fully saturated rings. The Kier molecular flexibility index (Phi) is 3.25. The summed E-state index contributed by atoms with van der Waals surface area (Å²) in [6, 6.07) is 7.81. The Bertz CT molecular complexity index is 818. The van der Waals surface area contributed by atoms with Crippen molar-refractivity contribution in [2.24, 2.45) is 0 Å². The predicted octanol–water partition coefficient (Wildman–Crippen LogP) is 3.30. The minimum absolute atomic E-state index is 0.0790. The van der Waals surface area contributed by atoms with Crippen molar-refractivity contribution in [2.75, 3.05) is 4.90 Å². The molecular weight excluding hydrogens is 359 g/mol. The van der Waals surface area contributed by atoms with Crippen molar-refractivity contribution < 1.29 is 18.9 Å². The summed E-state index contributed by atoms with van der Waals surface area (Å²) in [4.78, 5) is 35.7. The summed E-state index contributed by atoms with van der Waals surface area (Å²) in [5, 5.41) is 11.1. The molecule has 110 valence electrons. The van der Waals surface area contributed by atoms with Crippen LogP contribution in [0.15, 0.2) is 40.9 Å². The van der Waals surface area contributed by atoms with Gasteiger partial charge in [0.1, 0.15) is 11.5 Å². The van der Waals surface area contributed by atoms with Crippen molar-refractivity contribution >= 4 is 39.1 Å². The van der Waals surface area contributed by atoms with Crippen molar-refractivity contribution in [3.05, 3.63) is 67.9 Å². The van der Waals surface area contributed by atoms with Gasteiger partial charge in [0, 0.05) is 0 Å². The number of hydrogen-bond acceptors (Lipinski definition) is 4. The Labute approximate surface area is 131 Å². The van der Waals surface area contributed by atoms with Gasteiger partial charge < -0.3 is 0 Å². The Morgan fingerprint density at radius 1 is 1.09 bits per heavy atom. The third kappa shape index (κ3) is 2.00. The Balaban J connectivity index is 2.22. The minimum atomic E-state index is -0.855. The van der Waals surface area contributed by atoms with Gasteiger partial charge in [-0.3, -0.25) is 19.7 Å². The van der Waals surface area contributed by atoms with E-state index < -0.39 is 28.2 Å². The van der Waals surface area contributed by atoms with E-state index in [1.165, 1.54) is 12.1 Å². The van der Waals surface area contributed by atoms with E-state index in [0.29, 0.717) is 11.0 Å². The van der Waals surface area contributed by atoms with E-state index in [0.717, 1.165) is 6.07 Å². The van der Waals surface area contributed by atoms with Crippen molar-refractivity contribution in [3.8, 4) is 0 Å². The van der Waals surface area contributed by atoms with Crippen molar-refractivity contribution in [3.63, 3.8) is 0 Å². The maximum atomic E-state index is 13.5. The molecule has 0 saturated heterocycles. The first-order valence-electron chi connectivity index (χ1n) is 6.03.